The highest BCUT2D eigenvalue weighted by Crippen LogP contribution is 2.21. The maximum Gasteiger partial charge on any atom is 0.106 e. The third-order valence-electron chi connectivity index (χ3n) is 4.10. The smallest absolute Gasteiger partial charge is 0.106 e. The molecule has 1 unspecified atom stereocenters. The molecule has 1 aromatic rings. The summed E-state index contributed by atoms with van der Waals surface area (Å²) in [6.45, 7) is 10.4. The third kappa shape index (κ3) is 3.91. The average Bonchev–Trinajstić information content (AvgIpc) is 2.88. The molecule has 1 atom stereocenters. The largest absolute Gasteiger partial charge is 0.378 e. The number of hydrogen-bond acceptors (Lipinski definition) is 3. The summed E-state index contributed by atoms with van der Waals surface area (Å²) in [6.07, 6.45) is 0.977. The Labute approximate surface area is 123 Å². The van der Waals surface area contributed by atoms with E-state index in [-0.39, 0.29) is 5.60 Å². The first-order chi connectivity index (χ1) is 9.45. The van der Waals surface area contributed by atoms with Gasteiger partial charge in [0.15, 0.2) is 0 Å². The van der Waals surface area contributed by atoms with Gasteiger partial charge in [0, 0.05) is 33.2 Å². The van der Waals surface area contributed by atoms with Crippen molar-refractivity contribution in [3.63, 3.8) is 0 Å². The molecule has 1 aliphatic rings. The summed E-state index contributed by atoms with van der Waals surface area (Å²) in [5.41, 5.74) is 1.20. The van der Waals surface area contributed by atoms with E-state index >= 15 is 0 Å². The zero-order chi connectivity index (χ0) is 14.6. The SMILES string of the molecule is COC1(CNCc2ccc([Si](C)(C)C)cc2)CCOC1. The lowest BCUT2D eigenvalue weighted by Gasteiger charge is -2.26. The number of rotatable bonds is 6. The van der Waals surface area contributed by atoms with Crippen molar-refractivity contribution in [2.45, 2.75) is 38.2 Å². The molecule has 20 heavy (non-hydrogen) atoms. The maximum absolute atomic E-state index is 5.62. The molecule has 0 saturated carbocycles. The standard InChI is InChI=1S/C16H27NO2Si/c1-18-16(9-10-19-13-16)12-17-11-14-5-7-15(8-6-14)20(2,3)4/h5-8,17H,9-13H2,1-4H3. The minimum absolute atomic E-state index is 0.127. The fourth-order valence-electron chi connectivity index (χ4n) is 2.52. The predicted molar refractivity (Wildman–Crippen MR) is 86.3 cm³/mol. The number of nitrogens with one attached hydrogen (secondary N) is 1. The van der Waals surface area contributed by atoms with Crippen molar-refractivity contribution in [1.82, 2.24) is 5.32 Å². The van der Waals surface area contributed by atoms with Gasteiger partial charge in [-0.05, 0) is 5.56 Å². The van der Waals surface area contributed by atoms with Crippen molar-refractivity contribution in [3.8, 4) is 0 Å². The van der Waals surface area contributed by atoms with Gasteiger partial charge in [0.2, 0.25) is 0 Å². The zero-order valence-electron chi connectivity index (χ0n) is 13.2. The van der Waals surface area contributed by atoms with Crippen LogP contribution in [0.5, 0.6) is 0 Å². The van der Waals surface area contributed by atoms with Crippen LogP contribution in [0.2, 0.25) is 19.6 Å². The van der Waals surface area contributed by atoms with Crippen LogP contribution >= 0.6 is 0 Å². The van der Waals surface area contributed by atoms with Crippen LogP contribution in [-0.2, 0) is 16.0 Å². The van der Waals surface area contributed by atoms with Gasteiger partial charge in [0.1, 0.15) is 5.60 Å². The molecule has 0 aromatic heterocycles. The molecule has 1 aliphatic heterocycles. The second-order valence-electron chi connectivity index (χ2n) is 6.74. The Balaban J connectivity index is 1.85. The van der Waals surface area contributed by atoms with Crippen LogP contribution < -0.4 is 10.5 Å². The quantitative estimate of drug-likeness (QED) is 0.815. The summed E-state index contributed by atoms with van der Waals surface area (Å²) in [5, 5.41) is 5.01. The van der Waals surface area contributed by atoms with E-state index in [2.05, 4.69) is 49.2 Å². The first-order valence-electron chi connectivity index (χ1n) is 7.38. The molecule has 112 valence electrons. The van der Waals surface area contributed by atoms with Gasteiger partial charge in [0.25, 0.3) is 0 Å². The van der Waals surface area contributed by atoms with Gasteiger partial charge in [-0.3, -0.25) is 0 Å². The molecule has 2 rings (SSSR count). The van der Waals surface area contributed by atoms with Crippen molar-refractivity contribution in [2.24, 2.45) is 0 Å². The van der Waals surface area contributed by atoms with Gasteiger partial charge in [0.05, 0.1) is 14.7 Å². The van der Waals surface area contributed by atoms with Crippen LogP contribution in [0.25, 0.3) is 0 Å². The van der Waals surface area contributed by atoms with Gasteiger partial charge in [-0.25, -0.2) is 0 Å². The Hall–Kier alpha value is -0.683. The highest BCUT2D eigenvalue weighted by molar-refractivity contribution is 6.88. The van der Waals surface area contributed by atoms with E-state index in [1.54, 1.807) is 7.11 Å². The molecule has 0 amide bonds. The van der Waals surface area contributed by atoms with Crippen LogP contribution in [0.3, 0.4) is 0 Å². The maximum atomic E-state index is 5.62. The van der Waals surface area contributed by atoms with Crippen LogP contribution in [-0.4, -0.2) is 40.5 Å². The van der Waals surface area contributed by atoms with Gasteiger partial charge in [-0.15, -0.1) is 0 Å². The predicted octanol–water partition coefficient (Wildman–Crippen LogP) is 2.13. The monoisotopic (exact) mass is 293 g/mol. The normalized spacial score (nSPS) is 23.2. The van der Waals surface area contributed by atoms with Crippen molar-refractivity contribution < 1.29 is 9.47 Å². The molecule has 1 saturated heterocycles. The fraction of sp³-hybridized carbons (Fsp3) is 0.625. The lowest BCUT2D eigenvalue weighted by atomic mass is 10.0. The minimum atomic E-state index is -1.18. The highest BCUT2D eigenvalue weighted by Gasteiger charge is 2.34. The summed E-state index contributed by atoms with van der Waals surface area (Å²) in [7, 11) is 0.593. The van der Waals surface area contributed by atoms with Crippen LogP contribution in [0.4, 0.5) is 0 Å². The van der Waals surface area contributed by atoms with Crippen molar-refractivity contribution >= 4 is 13.3 Å². The molecule has 0 aliphatic carbocycles. The Bertz CT molecular complexity index is 419. The number of methoxy groups -OCH3 is 1. The van der Waals surface area contributed by atoms with E-state index in [0.29, 0.717) is 6.61 Å². The molecule has 1 aromatic carbocycles. The van der Waals surface area contributed by atoms with Crippen LogP contribution in [0, 0.1) is 0 Å². The lowest BCUT2D eigenvalue weighted by Crippen LogP contribution is -2.42. The van der Waals surface area contributed by atoms with Crippen molar-refractivity contribution in [3.05, 3.63) is 29.8 Å². The second kappa shape index (κ2) is 6.39. The minimum Gasteiger partial charge on any atom is -0.378 e. The van der Waals surface area contributed by atoms with Gasteiger partial charge in [-0.2, -0.15) is 0 Å². The Morgan fingerprint density at radius 3 is 2.45 bits per heavy atom. The second-order valence-corrected chi connectivity index (χ2v) is 11.8. The molecular weight excluding hydrogens is 266 g/mol. The van der Waals surface area contributed by atoms with E-state index in [1.165, 1.54) is 10.8 Å². The number of hydrogen-bond donors (Lipinski definition) is 1. The molecule has 3 nitrogen and oxygen atoms in total. The molecule has 0 spiro atoms. The molecule has 1 heterocycles. The van der Waals surface area contributed by atoms with E-state index in [9.17, 15) is 0 Å². The molecule has 1 N–H and O–H groups in total. The van der Waals surface area contributed by atoms with Gasteiger partial charge < -0.3 is 14.8 Å². The fourth-order valence-corrected chi connectivity index (χ4v) is 3.68. The average molecular weight is 293 g/mol. The van der Waals surface area contributed by atoms with Gasteiger partial charge in [-0.1, -0.05) is 49.1 Å². The molecule has 0 bridgehead atoms. The van der Waals surface area contributed by atoms with E-state index in [4.69, 9.17) is 9.47 Å². The van der Waals surface area contributed by atoms with Crippen LogP contribution in [0.1, 0.15) is 12.0 Å². The Morgan fingerprint density at radius 2 is 1.95 bits per heavy atom. The van der Waals surface area contributed by atoms with E-state index < -0.39 is 8.07 Å². The zero-order valence-corrected chi connectivity index (χ0v) is 14.2. The summed E-state index contributed by atoms with van der Waals surface area (Å²) in [6, 6.07) is 9.05. The summed E-state index contributed by atoms with van der Waals surface area (Å²) < 4.78 is 11.1. The summed E-state index contributed by atoms with van der Waals surface area (Å²) in [5.74, 6) is 0. The summed E-state index contributed by atoms with van der Waals surface area (Å²) in [4.78, 5) is 0. The van der Waals surface area contributed by atoms with Crippen LogP contribution in [0.15, 0.2) is 24.3 Å². The first-order valence-corrected chi connectivity index (χ1v) is 10.9. The van der Waals surface area contributed by atoms with Gasteiger partial charge >= 0.3 is 0 Å². The summed E-state index contributed by atoms with van der Waals surface area (Å²) >= 11 is 0. The third-order valence-corrected chi connectivity index (χ3v) is 6.16. The topological polar surface area (TPSA) is 30.5 Å². The Morgan fingerprint density at radius 1 is 1.25 bits per heavy atom. The molecule has 4 heteroatoms. The molecule has 0 radical (unpaired) electrons. The molecular formula is C16H27NO2Si. The van der Waals surface area contributed by atoms with Crippen molar-refractivity contribution in [1.29, 1.82) is 0 Å². The first kappa shape index (κ1) is 15.7. The van der Waals surface area contributed by atoms with Crippen molar-refractivity contribution in [2.75, 3.05) is 26.9 Å². The molecule has 1 fully saturated rings. The van der Waals surface area contributed by atoms with E-state index in [0.717, 1.165) is 26.1 Å². The van der Waals surface area contributed by atoms with E-state index in [1.807, 2.05) is 0 Å². The highest BCUT2D eigenvalue weighted by atomic mass is 28.3. The number of ether oxygens (including phenoxy) is 2. The lowest BCUT2D eigenvalue weighted by molar-refractivity contribution is -0.0159. The Kier molecular flexibility index (Phi) is 5.02. The number of benzene rings is 1.